The average Bonchev–Trinajstić information content (AvgIpc) is 2.79. The fourth-order valence-electron chi connectivity index (χ4n) is 3.12. The van der Waals surface area contributed by atoms with E-state index in [2.05, 4.69) is 5.32 Å². The van der Waals surface area contributed by atoms with Crippen molar-refractivity contribution in [3.05, 3.63) is 100 Å². The van der Waals surface area contributed by atoms with Crippen LogP contribution in [0.5, 0.6) is 0 Å². The smallest absolute Gasteiger partial charge is 0.251 e. The molecule has 0 aliphatic carbocycles. The molecular weight excluding hydrogens is 502 g/mol. The molecule has 0 heterocycles. The molecule has 10 heteroatoms. The molecule has 5 nitrogen and oxygen atoms in total. The van der Waals surface area contributed by atoms with Gasteiger partial charge in [0.2, 0.25) is 10.0 Å². The third-order valence-electron chi connectivity index (χ3n) is 4.90. The van der Waals surface area contributed by atoms with Crippen LogP contribution in [0.15, 0.2) is 66.7 Å². The highest BCUT2D eigenvalue weighted by Gasteiger charge is 2.18. The van der Waals surface area contributed by atoms with Crippen LogP contribution in [-0.2, 0) is 22.3 Å². The van der Waals surface area contributed by atoms with Crippen LogP contribution in [0.3, 0.4) is 0 Å². The number of carbonyl (C=O) groups excluding carboxylic acids is 1. The molecule has 3 aromatic carbocycles. The topological polar surface area (TPSA) is 66.5 Å². The van der Waals surface area contributed by atoms with E-state index in [4.69, 9.17) is 11.6 Å². The van der Waals surface area contributed by atoms with Crippen LogP contribution in [-0.4, -0.2) is 32.9 Å². The molecule has 0 bridgehead atoms. The Morgan fingerprint density at radius 1 is 1.03 bits per heavy atom. The Kier molecular flexibility index (Phi) is 8.93. The van der Waals surface area contributed by atoms with Crippen LogP contribution >= 0.6 is 23.4 Å². The Bertz CT molecular complexity index is 1220. The number of anilines is 1. The molecule has 3 rings (SSSR count). The van der Waals surface area contributed by atoms with Crippen molar-refractivity contribution in [2.24, 2.45) is 0 Å². The Balaban J connectivity index is 1.55. The number of sulfonamides is 1. The Morgan fingerprint density at radius 2 is 1.71 bits per heavy atom. The quantitative estimate of drug-likeness (QED) is 0.368. The van der Waals surface area contributed by atoms with E-state index in [1.165, 1.54) is 46.4 Å². The van der Waals surface area contributed by atoms with Crippen molar-refractivity contribution in [2.75, 3.05) is 22.9 Å². The summed E-state index contributed by atoms with van der Waals surface area (Å²) in [6.07, 6.45) is 1.09. The van der Waals surface area contributed by atoms with E-state index in [1.807, 2.05) is 0 Å². The second-order valence-corrected chi connectivity index (χ2v) is 10.9. The van der Waals surface area contributed by atoms with Gasteiger partial charge in [-0.15, -0.1) is 0 Å². The summed E-state index contributed by atoms with van der Waals surface area (Å²) in [5.41, 5.74) is 1.83. The first-order chi connectivity index (χ1) is 16.1. The van der Waals surface area contributed by atoms with Crippen molar-refractivity contribution in [3.8, 4) is 0 Å². The lowest BCUT2D eigenvalue weighted by Crippen LogP contribution is -2.29. The Hall–Kier alpha value is -2.62. The van der Waals surface area contributed by atoms with Crippen LogP contribution in [0.4, 0.5) is 14.5 Å². The number of benzene rings is 3. The highest BCUT2D eigenvalue weighted by molar-refractivity contribution is 7.98. The van der Waals surface area contributed by atoms with Gasteiger partial charge in [0, 0.05) is 34.2 Å². The van der Waals surface area contributed by atoms with E-state index >= 15 is 0 Å². The van der Waals surface area contributed by atoms with E-state index in [9.17, 15) is 22.0 Å². The van der Waals surface area contributed by atoms with E-state index in [0.29, 0.717) is 45.5 Å². The lowest BCUT2D eigenvalue weighted by atomic mass is 10.1. The lowest BCUT2D eigenvalue weighted by molar-refractivity contribution is 0.0956. The standard InChI is InChI=1S/C24H23ClF2N2O3S2/c1-34(31,32)29(15-17-5-9-19(26)10-6-17)20-11-7-18(8-12-20)24(30)28-13-14-33-16-21-22(25)3-2-4-23(21)27/h2-12H,13-16H2,1H3,(H,28,30). The van der Waals surface area contributed by atoms with Gasteiger partial charge >= 0.3 is 0 Å². The lowest BCUT2D eigenvalue weighted by Gasteiger charge is -2.22. The molecule has 34 heavy (non-hydrogen) atoms. The van der Waals surface area contributed by atoms with Gasteiger partial charge in [0.25, 0.3) is 5.91 Å². The summed E-state index contributed by atoms with van der Waals surface area (Å²) in [5.74, 6) is -0.105. The normalized spacial score (nSPS) is 11.3. The third kappa shape index (κ3) is 7.19. The fourth-order valence-corrected chi connectivity index (χ4v) is 5.20. The summed E-state index contributed by atoms with van der Waals surface area (Å²) in [6, 6.07) is 16.3. The number of hydrogen-bond acceptors (Lipinski definition) is 4. The molecule has 0 radical (unpaired) electrons. The number of hydrogen-bond donors (Lipinski definition) is 1. The summed E-state index contributed by atoms with van der Waals surface area (Å²) in [5, 5.41) is 3.16. The second kappa shape index (κ2) is 11.7. The van der Waals surface area contributed by atoms with Crippen LogP contribution < -0.4 is 9.62 Å². The van der Waals surface area contributed by atoms with E-state index in [1.54, 1.807) is 36.4 Å². The number of amides is 1. The number of halogens is 3. The van der Waals surface area contributed by atoms with Gasteiger partial charge in [0.15, 0.2) is 0 Å². The SMILES string of the molecule is CS(=O)(=O)N(Cc1ccc(F)cc1)c1ccc(C(=O)NCCSCc2c(F)cccc2Cl)cc1. The predicted octanol–water partition coefficient (Wildman–Crippen LogP) is 5.25. The first-order valence-corrected chi connectivity index (χ1v) is 13.6. The maximum Gasteiger partial charge on any atom is 0.251 e. The number of carbonyl (C=O) groups is 1. The minimum Gasteiger partial charge on any atom is -0.351 e. The maximum absolute atomic E-state index is 13.8. The summed E-state index contributed by atoms with van der Waals surface area (Å²) in [7, 11) is -3.61. The summed E-state index contributed by atoms with van der Waals surface area (Å²) < 4.78 is 52.7. The molecule has 1 amide bonds. The van der Waals surface area contributed by atoms with Crippen molar-refractivity contribution in [1.82, 2.24) is 5.32 Å². The molecule has 0 saturated carbocycles. The van der Waals surface area contributed by atoms with Gasteiger partial charge in [-0.25, -0.2) is 17.2 Å². The number of nitrogens with one attached hydrogen (secondary N) is 1. The van der Waals surface area contributed by atoms with Gasteiger partial charge in [-0.05, 0) is 54.1 Å². The van der Waals surface area contributed by atoms with Gasteiger partial charge in [-0.1, -0.05) is 29.8 Å². The van der Waals surface area contributed by atoms with Crippen LogP contribution in [0.2, 0.25) is 5.02 Å². The fraction of sp³-hybridized carbons (Fsp3) is 0.208. The zero-order valence-corrected chi connectivity index (χ0v) is 20.7. The van der Waals surface area contributed by atoms with Gasteiger partial charge in [0.05, 0.1) is 18.5 Å². The summed E-state index contributed by atoms with van der Waals surface area (Å²) in [6.45, 7) is 0.408. The minimum absolute atomic E-state index is 0.0356. The van der Waals surface area contributed by atoms with E-state index in [-0.39, 0.29) is 18.3 Å². The predicted molar refractivity (Wildman–Crippen MR) is 134 cm³/mol. The largest absolute Gasteiger partial charge is 0.351 e. The average molecular weight is 525 g/mol. The molecule has 0 atom stereocenters. The third-order valence-corrected chi connectivity index (χ3v) is 7.38. The summed E-state index contributed by atoms with van der Waals surface area (Å²) >= 11 is 7.45. The van der Waals surface area contributed by atoms with Crippen molar-refractivity contribution in [3.63, 3.8) is 0 Å². The van der Waals surface area contributed by atoms with Gasteiger partial charge in [0.1, 0.15) is 11.6 Å². The number of nitrogens with zero attached hydrogens (tertiary/aromatic N) is 1. The van der Waals surface area contributed by atoms with E-state index in [0.717, 1.165) is 6.26 Å². The molecule has 0 saturated heterocycles. The first-order valence-electron chi connectivity index (χ1n) is 10.3. The Labute approximate surface area is 207 Å². The highest BCUT2D eigenvalue weighted by atomic mass is 35.5. The van der Waals surface area contributed by atoms with Crippen molar-refractivity contribution in [2.45, 2.75) is 12.3 Å². The van der Waals surface area contributed by atoms with Crippen LogP contribution in [0.25, 0.3) is 0 Å². The molecule has 0 aliphatic rings. The van der Waals surface area contributed by atoms with E-state index < -0.39 is 15.8 Å². The molecule has 0 spiro atoms. The Morgan fingerprint density at radius 3 is 2.32 bits per heavy atom. The van der Waals surface area contributed by atoms with Crippen molar-refractivity contribution >= 4 is 45.0 Å². The molecule has 0 unspecified atom stereocenters. The molecule has 180 valence electrons. The van der Waals surface area contributed by atoms with Gasteiger partial charge in [-0.2, -0.15) is 11.8 Å². The highest BCUT2D eigenvalue weighted by Crippen LogP contribution is 2.24. The first kappa shape index (κ1) is 26.0. The zero-order chi connectivity index (χ0) is 24.7. The number of thioether (sulfide) groups is 1. The molecular formula is C24H23ClF2N2O3S2. The molecule has 0 aromatic heterocycles. The molecule has 0 aliphatic heterocycles. The molecule has 0 fully saturated rings. The molecule has 1 N–H and O–H groups in total. The van der Waals surface area contributed by atoms with Crippen molar-refractivity contribution < 1.29 is 22.0 Å². The zero-order valence-electron chi connectivity index (χ0n) is 18.3. The van der Waals surface area contributed by atoms with Crippen LogP contribution in [0.1, 0.15) is 21.5 Å². The van der Waals surface area contributed by atoms with Gasteiger partial charge < -0.3 is 5.32 Å². The van der Waals surface area contributed by atoms with Crippen molar-refractivity contribution in [1.29, 1.82) is 0 Å². The second-order valence-electron chi connectivity index (χ2n) is 7.45. The number of rotatable bonds is 10. The maximum atomic E-state index is 13.8. The summed E-state index contributed by atoms with van der Waals surface area (Å²) in [4.78, 5) is 12.4. The van der Waals surface area contributed by atoms with Crippen LogP contribution in [0, 0.1) is 11.6 Å². The van der Waals surface area contributed by atoms with Gasteiger partial charge in [-0.3, -0.25) is 9.10 Å². The monoisotopic (exact) mass is 524 g/mol. The molecule has 3 aromatic rings. The minimum atomic E-state index is -3.61.